The summed E-state index contributed by atoms with van der Waals surface area (Å²) in [6, 6.07) is 3.73. The number of hydrogen-bond donors (Lipinski definition) is 2. The maximum atomic E-state index is 11.7. The minimum absolute atomic E-state index is 0.0345. The Morgan fingerprint density at radius 1 is 1.44 bits per heavy atom. The summed E-state index contributed by atoms with van der Waals surface area (Å²) in [6.45, 7) is 0.301. The van der Waals surface area contributed by atoms with E-state index < -0.39 is 0 Å². The number of nitrogen functional groups attached to an aromatic ring is 1. The van der Waals surface area contributed by atoms with E-state index in [4.69, 9.17) is 10.8 Å². The second kappa shape index (κ2) is 4.43. The molecular formula is C11H13BrN2O2. The number of benzene rings is 1. The van der Waals surface area contributed by atoms with Crippen LogP contribution >= 0.6 is 15.9 Å². The number of carbonyl (C=O) groups excluding carboxylic acids is 1. The van der Waals surface area contributed by atoms with Crippen molar-refractivity contribution >= 4 is 33.2 Å². The molecule has 0 saturated heterocycles. The third-order valence-corrected chi connectivity index (χ3v) is 3.41. The van der Waals surface area contributed by atoms with Gasteiger partial charge in [0.05, 0.1) is 6.61 Å². The molecule has 16 heavy (non-hydrogen) atoms. The molecule has 0 aliphatic carbocycles. The molecule has 3 N–H and O–H groups in total. The van der Waals surface area contributed by atoms with E-state index in [-0.39, 0.29) is 12.5 Å². The van der Waals surface area contributed by atoms with Crippen LogP contribution in [0.3, 0.4) is 0 Å². The fourth-order valence-electron chi connectivity index (χ4n) is 1.93. The number of amides is 1. The van der Waals surface area contributed by atoms with Crippen LogP contribution in [0, 0.1) is 0 Å². The number of carbonyl (C=O) groups is 1. The number of nitrogens with two attached hydrogens (primary N) is 1. The number of rotatable bonds is 2. The molecule has 1 aromatic carbocycles. The molecule has 2 rings (SSSR count). The van der Waals surface area contributed by atoms with Crippen molar-refractivity contribution in [2.75, 3.05) is 23.8 Å². The zero-order valence-electron chi connectivity index (χ0n) is 8.74. The van der Waals surface area contributed by atoms with Crippen molar-refractivity contribution in [3.8, 4) is 0 Å². The highest BCUT2D eigenvalue weighted by Gasteiger charge is 2.24. The highest BCUT2D eigenvalue weighted by atomic mass is 79.9. The molecule has 0 bridgehead atoms. The van der Waals surface area contributed by atoms with Gasteiger partial charge in [-0.15, -0.1) is 0 Å². The molecule has 0 radical (unpaired) electrons. The van der Waals surface area contributed by atoms with Crippen LogP contribution in [0.5, 0.6) is 0 Å². The summed E-state index contributed by atoms with van der Waals surface area (Å²) in [5.41, 5.74) is 8.39. The topological polar surface area (TPSA) is 66.6 Å². The minimum Gasteiger partial charge on any atom is -0.398 e. The lowest BCUT2D eigenvalue weighted by Crippen LogP contribution is -2.37. The van der Waals surface area contributed by atoms with Crippen LogP contribution in [0.25, 0.3) is 0 Å². The summed E-state index contributed by atoms with van der Waals surface area (Å²) in [4.78, 5) is 13.3. The summed E-state index contributed by atoms with van der Waals surface area (Å²) < 4.78 is 0.781. The zero-order valence-corrected chi connectivity index (χ0v) is 10.3. The predicted octanol–water partition coefficient (Wildman–Crippen LogP) is 1.30. The van der Waals surface area contributed by atoms with Crippen molar-refractivity contribution in [1.82, 2.24) is 0 Å². The Labute approximate surface area is 102 Å². The van der Waals surface area contributed by atoms with Crippen LogP contribution in [0.2, 0.25) is 0 Å². The average molecular weight is 285 g/mol. The summed E-state index contributed by atoms with van der Waals surface area (Å²) in [6.07, 6.45) is 1.20. The minimum atomic E-state index is -0.0345. The fourth-order valence-corrected chi connectivity index (χ4v) is 2.27. The molecule has 0 saturated carbocycles. The van der Waals surface area contributed by atoms with Crippen LogP contribution in [0.1, 0.15) is 12.0 Å². The molecule has 1 aliphatic heterocycles. The normalized spacial score (nSPS) is 15.1. The van der Waals surface area contributed by atoms with E-state index in [0.29, 0.717) is 25.1 Å². The van der Waals surface area contributed by atoms with E-state index >= 15 is 0 Å². The van der Waals surface area contributed by atoms with Gasteiger partial charge in [-0.2, -0.15) is 0 Å². The number of hydrogen-bond acceptors (Lipinski definition) is 3. The van der Waals surface area contributed by atoms with Crippen LogP contribution in [0.15, 0.2) is 16.6 Å². The fraction of sp³-hybridized carbons (Fsp3) is 0.364. The van der Waals surface area contributed by atoms with Crippen molar-refractivity contribution < 1.29 is 9.90 Å². The summed E-state index contributed by atoms with van der Waals surface area (Å²) in [5.74, 6) is 0.0539. The second-order valence-corrected chi connectivity index (χ2v) is 4.63. The number of anilines is 2. The molecule has 0 fully saturated rings. The van der Waals surface area contributed by atoms with Gasteiger partial charge in [-0.25, -0.2) is 0 Å². The van der Waals surface area contributed by atoms with E-state index in [1.807, 2.05) is 12.1 Å². The molecule has 1 amide bonds. The van der Waals surface area contributed by atoms with Gasteiger partial charge in [0, 0.05) is 28.8 Å². The van der Waals surface area contributed by atoms with Crippen LogP contribution in [-0.2, 0) is 11.2 Å². The number of β-amino-alcohol motifs (C(OH)–C–C–N with tert-alkyl or cyclic N) is 1. The van der Waals surface area contributed by atoms with E-state index in [9.17, 15) is 4.79 Å². The lowest BCUT2D eigenvalue weighted by atomic mass is 10.0. The first-order valence-corrected chi connectivity index (χ1v) is 5.92. The maximum Gasteiger partial charge on any atom is 0.227 e. The molecule has 1 aliphatic rings. The Bertz CT molecular complexity index is 434. The second-order valence-electron chi connectivity index (χ2n) is 3.77. The lowest BCUT2D eigenvalue weighted by molar-refractivity contribution is -0.119. The van der Waals surface area contributed by atoms with Gasteiger partial charge in [-0.3, -0.25) is 4.79 Å². The average Bonchev–Trinajstić information content (AvgIpc) is 2.25. The molecule has 0 unspecified atom stereocenters. The van der Waals surface area contributed by atoms with Gasteiger partial charge >= 0.3 is 0 Å². The van der Waals surface area contributed by atoms with Crippen LogP contribution in [-0.4, -0.2) is 24.2 Å². The molecule has 0 aromatic heterocycles. The van der Waals surface area contributed by atoms with Gasteiger partial charge in [-0.1, -0.05) is 0 Å². The van der Waals surface area contributed by atoms with E-state index in [2.05, 4.69) is 15.9 Å². The van der Waals surface area contributed by atoms with E-state index in [1.54, 1.807) is 4.90 Å². The van der Waals surface area contributed by atoms with Crippen molar-refractivity contribution in [2.24, 2.45) is 0 Å². The van der Waals surface area contributed by atoms with E-state index in [0.717, 1.165) is 15.7 Å². The molecule has 5 heteroatoms. The van der Waals surface area contributed by atoms with E-state index in [1.165, 1.54) is 0 Å². The Balaban J connectivity index is 2.46. The molecular weight excluding hydrogens is 272 g/mol. The molecule has 86 valence electrons. The zero-order chi connectivity index (χ0) is 11.7. The SMILES string of the molecule is Nc1cc2c(cc1Br)N(CCO)C(=O)CC2. The smallest absolute Gasteiger partial charge is 0.227 e. The van der Waals surface area contributed by atoms with Crippen molar-refractivity contribution in [2.45, 2.75) is 12.8 Å². The third-order valence-electron chi connectivity index (χ3n) is 2.72. The molecule has 4 nitrogen and oxygen atoms in total. The van der Waals surface area contributed by atoms with Gasteiger partial charge in [0.25, 0.3) is 0 Å². The van der Waals surface area contributed by atoms with Crippen LogP contribution < -0.4 is 10.6 Å². The Kier molecular flexibility index (Phi) is 3.16. The first-order valence-electron chi connectivity index (χ1n) is 5.12. The van der Waals surface area contributed by atoms with Gasteiger partial charge in [-0.05, 0) is 40.0 Å². The Hall–Kier alpha value is -1.07. The quantitative estimate of drug-likeness (QED) is 0.805. The number of aliphatic hydroxyl groups is 1. The monoisotopic (exact) mass is 284 g/mol. The summed E-state index contributed by atoms with van der Waals surface area (Å²) in [7, 11) is 0. The molecule has 0 spiro atoms. The summed E-state index contributed by atoms with van der Waals surface area (Å²) in [5, 5.41) is 8.96. The first kappa shape index (κ1) is 11.4. The number of halogens is 1. The number of fused-ring (bicyclic) bond motifs is 1. The van der Waals surface area contributed by atoms with Crippen molar-refractivity contribution in [1.29, 1.82) is 0 Å². The standard InChI is InChI=1S/C11H13BrN2O2/c12-8-6-10-7(5-9(8)13)1-2-11(16)14(10)3-4-15/h5-6,15H,1-4,13H2. The van der Waals surface area contributed by atoms with Crippen LogP contribution in [0.4, 0.5) is 11.4 Å². The maximum absolute atomic E-state index is 11.7. The first-order chi connectivity index (χ1) is 7.63. The van der Waals surface area contributed by atoms with Gasteiger partial charge in [0.15, 0.2) is 0 Å². The Morgan fingerprint density at radius 3 is 2.88 bits per heavy atom. The highest BCUT2D eigenvalue weighted by Crippen LogP contribution is 2.34. The van der Waals surface area contributed by atoms with Crippen molar-refractivity contribution in [3.05, 3.63) is 22.2 Å². The molecule has 1 heterocycles. The van der Waals surface area contributed by atoms with Gasteiger partial charge in [0.2, 0.25) is 5.91 Å². The lowest BCUT2D eigenvalue weighted by Gasteiger charge is -2.29. The Morgan fingerprint density at radius 2 is 2.19 bits per heavy atom. The van der Waals surface area contributed by atoms with Crippen molar-refractivity contribution in [3.63, 3.8) is 0 Å². The third kappa shape index (κ3) is 1.92. The van der Waals surface area contributed by atoms with Gasteiger partial charge < -0.3 is 15.7 Å². The summed E-state index contributed by atoms with van der Waals surface area (Å²) >= 11 is 3.35. The number of aryl methyl sites for hydroxylation is 1. The van der Waals surface area contributed by atoms with Gasteiger partial charge in [0.1, 0.15) is 0 Å². The number of nitrogens with zero attached hydrogens (tertiary/aromatic N) is 1. The number of aliphatic hydroxyl groups excluding tert-OH is 1. The predicted molar refractivity (Wildman–Crippen MR) is 66.3 cm³/mol. The molecule has 1 aromatic rings. The molecule has 0 atom stereocenters. The highest BCUT2D eigenvalue weighted by molar-refractivity contribution is 9.10. The largest absolute Gasteiger partial charge is 0.398 e.